The summed E-state index contributed by atoms with van der Waals surface area (Å²) in [7, 11) is 3.29. The maximum Gasteiger partial charge on any atom is 0.227 e. The van der Waals surface area contributed by atoms with E-state index in [4.69, 9.17) is 9.47 Å². The summed E-state index contributed by atoms with van der Waals surface area (Å²) < 4.78 is 10.5. The van der Waals surface area contributed by atoms with Gasteiger partial charge in [0.2, 0.25) is 5.95 Å². The maximum atomic E-state index is 5.39. The van der Waals surface area contributed by atoms with Crippen LogP contribution in [0.5, 0.6) is 11.5 Å². The normalized spacial score (nSPS) is 10.2. The molecule has 0 atom stereocenters. The van der Waals surface area contributed by atoms with Crippen LogP contribution in [0, 0.1) is 0 Å². The Morgan fingerprint density at radius 3 is 2.39 bits per heavy atom. The molecule has 0 spiro atoms. The maximum absolute atomic E-state index is 5.39. The first-order valence-electron chi connectivity index (χ1n) is 7.17. The number of benzene rings is 2. The zero-order valence-corrected chi connectivity index (χ0v) is 13.0. The molecule has 0 bridgehead atoms. The summed E-state index contributed by atoms with van der Waals surface area (Å²) in [6.07, 6.45) is 1.72. The van der Waals surface area contributed by atoms with Gasteiger partial charge in [-0.25, -0.2) is 9.97 Å². The zero-order valence-electron chi connectivity index (χ0n) is 13.0. The van der Waals surface area contributed by atoms with Crippen molar-refractivity contribution in [2.45, 2.75) is 0 Å². The van der Waals surface area contributed by atoms with Crippen LogP contribution in [0.4, 0.5) is 11.6 Å². The molecule has 0 aliphatic rings. The van der Waals surface area contributed by atoms with E-state index in [9.17, 15) is 0 Å². The van der Waals surface area contributed by atoms with Crippen LogP contribution in [0.3, 0.4) is 0 Å². The van der Waals surface area contributed by atoms with Crippen LogP contribution in [-0.4, -0.2) is 24.2 Å². The van der Waals surface area contributed by atoms with E-state index in [2.05, 4.69) is 15.3 Å². The first kappa shape index (κ1) is 14.8. The van der Waals surface area contributed by atoms with Crippen molar-refractivity contribution < 1.29 is 9.47 Å². The second-order valence-electron chi connectivity index (χ2n) is 4.82. The molecular weight excluding hydrogens is 290 g/mol. The van der Waals surface area contributed by atoms with Crippen LogP contribution in [-0.2, 0) is 0 Å². The van der Waals surface area contributed by atoms with E-state index in [0.717, 1.165) is 28.4 Å². The van der Waals surface area contributed by atoms with Gasteiger partial charge < -0.3 is 14.8 Å². The lowest BCUT2D eigenvalue weighted by atomic mass is 10.1. The molecule has 1 N–H and O–H groups in total. The van der Waals surface area contributed by atoms with Gasteiger partial charge in [-0.2, -0.15) is 0 Å². The molecule has 5 nitrogen and oxygen atoms in total. The minimum absolute atomic E-state index is 0.526. The van der Waals surface area contributed by atoms with E-state index in [1.54, 1.807) is 20.4 Å². The van der Waals surface area contributed by atoms with Gasteiger partial charge in [-0.1, -0.05) is 12.1 Å². The van der Waals surface area contributed by atoms with Gasteiger partial charge in [0.05, 0.1) is 19.9 Å². The molecule has 0 amide bonds. The van der Waals surface area contributed by atoms with Gasteiger partial charge in [-0.05, 0) is 42.5 Å². The molecule has 1 heterocycles. The minimum atomic E-state index is 0.526. The van der Waals surface area contributed by atoms with Crippen LogP contribution >= 0.6 is 0 Å². The summed E-state index contributed by atoms with van der Waals surface area (Å²) >= 11 is 0. The topological polar surface area (TPSA) is 56.3 Å². The number of hydrogen-bond acceptors (Lipinski definition) is 5. The van der Waals surface area contributed by atoms with Crippen molar-refractivity contribution in [3.8, 4) is 22.8 Å². The molecule has 0 aliphatic carbocycles. The Labute approximate surface area is 134 Å². The lowest BCUT2D eigenvalue weighted by Crippen LogP contribution is -1.98. The third kappa shape index (κ3) is 3.40. The number of para-hydroxylation sites is 1. The number of rotatable bonds is 5. The Morgan fingerprint density at radius 1 is 0.870 bits per heavy atom. The number of hydrogen-bond donors (Lipinski definition) is 1. The Hall–Kier alpha value is -3.08. The summed E-state index contributed by atoms with van der Waals surface area (Å²) in [6.45, 7) is 0. The number of ether oxygens (including phenoxy) is 2. The van der Waals surface area contributed by atoms with Crippen LogP contribution in [0.15, 0.2) is 60.8 Å². The Morgan fingerprint density at radius 2 is 1.65 bits per heavy atom. The predicted octanol–water partition coefficient (Wildman–Crippen LogP) is 3.90. The molecule has 3 aromatic rings. The second kappa shape index (κ2) is 6.79. The van der Waals surface area contributed by atoms with Crippen molar-refractivity contribution in [1.29, 1.82) is 0 Å². The first-order valence-corrected chi connectivity index (χ1v) is 7.17. The largest absolute Gasteiger partial charge is 0.497 e. The monoisotopic (exact) mass is 307 g/mol. The molecule has 1 aromatic heterocycles. The standard InChI is InChI=1S/C18H17N3O2/c1-22-14-9-7-13(8-10-14)20-18-19-12-11-16(21-18)15-5-3-4-6-17(15)23-2/h3-12H,1-2H3,(H,19,20,21). The highest BCUT2D eigenvalue weighted by atomic mass is 16.5. The fraction of sp³-hybridized carbons (Fsp3) is 0.111. The Bertz CT molecular complexity index is 788. The van der Waals surface area contributed by atoms with E-state index in [1.165, 1.54) is 0 Å². The Balaban J connectivity index is 1.87. The molecule has 23 heavy (non-hydrogen) atoms. The van der Waals surface area contributed by atoms with E-state index in [-0.39, 0.29) is 0 Å². The van der Waals surface area contributed by atoms with Crippen molar-refractivity contribution in [2.75, 3.05) is 19.5 Å². The average Bonchev–Trinajstić information content (AvgIpc) is 2.62. The van der Waals surface area contributed by atoms with Gasteiger partial charge in [-0.3, -0.25) is 0 Å². The predicted molar refractivity (Wildman–Crippen MR) is 90.3 cm³/mol. The number of nitrogens with one attached hydrogen (secondary N) is 1. The average molecular weight is 307 g/mol. The van der Waals surface area contributed by atoms with Gasteiger partial charge in [0.1, 0.15) is 11.5 Å². The van der Waals surface area contributed by atoms with Crippen LogP contribution in [0.25, 0.3) is 11.3 Å². The van der Waals surface area contributed by atoms with Gasteiger partial charge in [0.25, 0.3) is 0 Å². The van der Waals surface area contributed by atoms with Crippen molar-refractivity contribution in [2.24, 2.45) is 0 Å². The van der Waals surface area contributed by atoms with Gasteiger partial charge in [-0.15, -0.1) is 0 Å². The fourth-order valence-electron chi connectivity index (χ4n) is 2.23. The van der Waals surface area contributed by atoms with Crippen molar-refractivity contribution in [1.82, 2.24) is 9.97 Å². The van der Waals surface area contributed by atoms with Crippen molar-refractivity contribution in [3.05, 3.63) is 60.8 Å². The highest BCUT2D eigenvalue weighted by Gasteiger charge is 2.07. The van der Waals surface area contributed by atoms with Crippen LogP contribution in [0.1, 0.15) is 0 Å². The molecule has 3 rings (SSSR count). The SMILES string of the molecule is COc1ccc(Nc2nccc(-c3ccccc3OC)n2)cc1. The van der Waals surface area contributed by atoms with E-state index >= 15 is 0 Å². The van der Waals surface area contributed by atoms with Gasteiger partial charge in [0, 0.05) is 17.4 Å². The third-order valence-electron chi connectivity index (χ3n) is 3.38. The summed E-state index contributed by atoms with van der Waals surface area (Å²) in [6, 6.07) is 17.2. The second-order valence-corrected chi connectivity index (χ2v) is 4.82. The fourth-order valence-corrected chi connectivity index (χ4v) is 2.23. The minimum Gasteiger partial charge on any atom is -0.497 e. The molecule has 0 saturated carbocycles. The first-order chi connectivity index (χ1) is 11.3. The summed E-state index contributed by atoms with van der Waals surface area (Å²) in [4.78, 5) is 8.82. The molecule has 0 fully saturated rings. The number of methoxy groups -OCH3 is 2. The number of aromatic nitrogens is 2. The molecule has 0 aliphatic heterocycles. The van der Waals surface area contributed by atoms with Crippen LogP contribution in [0.2, 0.25) is 0 Å². The number of anilines is 2. The van der Waals surface area contributed by atoms with E-state index in [0.29, 0.717) is 5.95 Å². The molecule has 0 radical (unpaired) electrons. The Kier molecular flexibility index (Phi) is 4.38. The highest BCUT2D eigenvalue weighted by molar-refractivity contribution is 5.68. The zero-order chi connectivity index (χ0) is 16.1. The van der Waals surface area contributed by atoms with E-state index in [1.807, 2.05) is 54.6 Å². The molecule has 5 heteroatoms. The third-order valence-corrected chi connectivity index (χ3v) is 3.38. The van der Waals surface area contributed by atoms with Crippen LogP contribution < -0.4 is 14.8 Å². The highest BCUT2D eigenvalue weighted by Crippen LogP contribution is 2.28. The lowest BCUT2D eigenvalue weighted by molar-refractivity contribution is 0.415. The summed E-state index contributed by atoms with van der Waals surface area (Å²) in [5.74, 6) is 2.11. The van der Waals surface area contributed by atoms with Crippen molar-refractivity contribution >= 4 is 11.6 Å². The molecule has 2 aromatic carbocycles. The molecule has 0 unspecified atom stereocenters. The summed E-state index contributed by atoms with van der Waals surface area (Å²) in [5, 5.41) is 3.18. The molecular formula is C18H17N3O2. The smallest absolute Gasteiger partial charge is 0.227 e. The lowest BCUT2D eigenvalue weighted by Gasteiger charge is -2.10. The molecule has 116 valence electrons. The summed E-state index contributed by atoms with van der Waals surface area (Å²) in [5.41, 5.74) is 2.62. The molecule has 0 saturated heterocycles. The van der Waals surface area contributed by atoms with Crippen molar-refractivity contribution in [3.63, 3.8) is 0 Å². The number of nitrogens with zero attached hydrogens (tertiary/aromatic N) is 2. The van der Waals surface area contributed by atoms with Gasteiger partial charge >= 0.3 is 0 Å². The van der Waals surface area contributed by atoms with E-state index < -0.39 is 0 Å². The van der Waals surface area contributed by atoms with Gasteiger partial charge in [0.15, 0.2) is 0 Å². The quantitative estimate of drug-likeness (QED) is 0.774.